The van der Waals surface area contributed by atoms with Gasteiger partial charge in [0, 0.05) is 9.75 Å². The van der Waals surface area contributed by atoms with Crippen molar-refractivity contribution in [1.29, 1.82) is 0 Å². The van der Waals surface area contributed by atoms with Crippen LogP contribution in [0.4, 0.5) is 0 Å². The predicted octanol–water partition coefficient (Wildman–Crippen LogP) is 5.60. The second kappa shape index (κ2) is 5.79. The number of fused-ring (bicyclic) bond motifs is 1. The van der Waals surface area contributed by atoms with Crippen LogP contribution in [0.3, 0.4) is 0 Å². The van der Waals surface area contributed by atoms with E-state index in [4.69, 9.17) is 4.18 Å². The molecule has 0 bridgehead atoms. The van der Waals surface area contributed by atoms with Crippen molar-refractivity contribution in [3.05, 3.63) is 45.8 Å². The first kappa shape index (κ1) is 15.1. The number of hydrogen-bond donors (Lipinski definition) is 1. The van der Waals surface area contributed by atoms with E-state index in [0.29, 0.717) is 12.0 Å². The van der Waals surface area contributed by atoms with E-state index in [1.807, 2.05) is 11.3 Å². The molecule has 3 heteroatoms. The molecule has 0 saturated heterocycles. The summed E-state index contributed by atoms with van der Waals surface area (Å²) in [6, 6.07) is 8.52. The minimum Gasteiger partial charge on any atom is -0.314 e. The van der Waals surface area contributed by atoms with E-state index in [9.17, 15) is 0 Å². The first-order valence-electron chi connectivity index (χ1n) is 7.47. The van der Waals surface area contributed by atoms with Crippen LogP contribution in [0, 0.1) is 12.3 Å². The predicted molar refractivity (Wildman–Crippen MR) is 94.1 cm³/mol. The number of thiophene rings is 1. The van der Waals surface area contributed by atoms with Gasteiger partial charge in [-0.3, -0.25) is 0 Å². The summed E-state index contributed by atoms with van der Waals surface area (Å²) in [5, 5.41) is 0. The number of benzene rings is 1. The molecule has 0 fully saturated rings. The third-order valence-corrected chi connectivity index (χ3v) is 6.02. The number of thiol groups is 1. The smallest absolute Gasteiger partial charge is 0.0867 e. The van der Waals surface area contributed by atoms with Crippen LogP contribution in [-0.2, 0) is 23.6 Å². The molecule has 1 aromatic carbocycles. The molecule has 1 aliphatic carbocycles. The Morgan fingerprint density at radius 3 is 2.81 bits per heavy atom. The Morgan fingerprint density at radius 1 is 1.29 bits per heavy atom. The quantitative estimate of drug-likeness (QED) is 0.572. The lowest BCUT2D eigenvalue weighted by molar-refractivity contribution is 0.318. The van der Waals surface area contributed by atoms with Crippen molar-refractivity contribution in [2.45, 2.75) is 46.6 Å². The number of rotatable bonds is 3. The lowest BCUT2D eigenvalue weighted by Crippen LogP contribution is -2.20. The van der Waals surface area contributed by atoms with Crippen molar-refractivity contribution in [3.8, 4) is 10.4 Å². The highest BCUT2D eigenvalue weighted by Gasteiger charge is 2.29. The minimum absolute atomic E-state index is 0.440. The van der Waals surface area contributed by atoms with Crippen LogP contribution >= 0.6 is 24.2 Å². The molecular formula is C18H22OS2. The molecule has 2 aromatic rings. The summed E-state index contributed by atoms with van der Waals surface area (Å²) in [4.78, 5) is 3.00. The Kier molecular flexibility index (Phi) is 4.17. The average molecular weight is 319 g/mol. The Balaban J connectivity index is 2.07. The highest BCUT2D eigenvalue weighted by Crippen LogP contribution is 2.45. The van der Waals surface area contributed by atoms with Gasteiger partial charge < -0.3 is 4.18 Å². The van der Waals surface area contributed by atoms with Gasteiger partial charge in [0.15, 0.2) is 0 Å². The molecule has 0 radical (unpaired) electrons. The Bertz CT molecular complexity index is 655. The molecule has 1 nitrogen and oxygen atoms in total. The Morgan fingerprint density at radius 2 is 2.05 bits per heavy atom. The largest absolute Gasteiger partial charge is 0.314 e. The monoisotopic (exact) mass is 318 g/mol. The molecule has 0 atom stereocenters. The average Bonchev–Trinajstić information content (AvgIpc) is 2.75. The topological polar surface area (TPSA) is 9.23 Å². The van der Waals surface area contributed by atoms with E-state index in [-0.39, 0.29) is 0 Å². The van der Waals surface area contributed by atoms with Crippen molar-refractivity contribution < 1.29 is 4.18 Å². The minimum atomic E-state index is 0.440. The zero-order valence-corrected chi connectivity index (χ0v) is 14.6. The lowest BCUT2D eigenvalue weighted by Gasteiger charge is -2.29. The lowest BCUT2D eigenvalue weighted by atomic mass is 9.77. The Labute approximate surface area is 137 Å². The third-order valence-electron chi connectivity index (χ3n) is 4.53. The van der Waals surface area contributed by atoms with Crippen molar-refractivity contribution in [2.24, 2.45) is 5.41 Å². The van der Waals surface area contributed by atoms with Gasteiger partial charge in [-0.2, -0.15) is 0 Å². The van der Waals surface area contributed by atoms with Gasteiger partial charge in [-0.1, -0.05) is 38.1 Å². The summed E-state index contributed by atoms with van der Waals surface area (Å²) in [7, 11) is 0. The van der Waals surface area contributed by atoms with Crippen molar-refractivity contribution in [3.63, 3.8) is 0 Å². The fourth-order valence-corrected chi connectivity index (χ4v) is 5.07. The second-order valence-electron chi connectivity index (χ2n) is 6.73. The van der Waals surface area contributed by atoms with E-state index >= 15 is 0 Å². The SMILES string of the molecule is Cc1c(-c2ccccc2COS)sc2c1CCC(C)(C)C2. The standard InChI is InChI=1S/C18H22OS2/c1-12-14-8-9-18(2,3)10-16(14)21-17(12)15-7-5-4-6-13(15)11-19-20/h4-7,20H,8-11H2,1-3H3. The van der Waals surface area contributed by atoms with Crippen molar-refractivity contribution >= 4 is 24.2 Å². The van der Waals surface area contributed by atoms with Gasteiger partial charge in [0.2, 0.25) is 0 Å². The summed E-state index contributed by atoms with van der Waals surface area (Å²) in [6.07, 6.45) is 3.72. The molecule has 1 heterocycles. The van der Waals surface area contributed by atoms with E-state index in [2.05, 4.69) is 57.9 Å². The third kappa shape index (κ3) is 2.92. The first-order valence-corrected chi connectivity index (χ1v) is 8.66. The van der Waals surface area contributed by atoms with E-state index < -0.39 is 0 Å². The van der Waals surface area contributed by atoms with Crippen LogP contribution in [-0.4, -0.2) is 0 Å². The summed E-state index contributed by atoms with van der Waals surface area (Å²) in [5.74, 6) is 0. The molecule has 0 aliphatic heterocycles. The van der Waals surface area contributed by atoms with Gasteiger partial charge in [0.25, 0.3) is 0 Å². The van der Waals surface area contributed by atoms with Crippen LogP contribution in [0.5, 0.6) is 0 Å². The van der Waals surface area contributed by atoms with Gasteiger partial charge >= 0.3 is 0 Å². The molecule has 112 valence electrons. The maximum absolute atomic E-state index is 5.06. The highest BCUT2D eigenvalue weighted by molar-refractivity contribution is 7.75. The fraction of sp³-hybridized carbons (Fsp3) is 0.444. The van der Waals surface area contributed by atoms with Gasteiger partial charge in [-0.25, -0.2) is 0 Å². The van der Waals surface area contributed by atoms with Crippen LogP contribution < -0.4 is 0 Å². The molecule has 0 saturated carbocycles. The maximum atomic E-state index is 5.06. The normalized spacial score (nSPS) is 16.8. The van der Waals surface area contributed by atoms with Gasteiger partial charge in [0.1, 0.15) is 0 Å². The van der Waals surface area contributed by atoms with Gasteiger partial charge in [-0.15, -0.1) is 11.3 Å². The molecule has 0 amide bonds. The zero-order valence-electron chi connectivity index (χ0n) is 12.9. The van der Waals surface area contributed by atoms with Crippen molar-refractivity contribution in [1.82, 2.24) is 0 Å². The molecule has 21 heavy (non-hydrogen) atoms. The molecule has 0 N–H and O–H groups in total. The van der Waals surface area contributed by atoms with Crippen LogP contribution in [0.2, 0.25) is 0 Å². The fourth-order valence-electron chi connectivity index (χ4n) is 3.26. The summed E-state index contributed by atoms with van der Waals surface area (Å²) >= 11 is 5.89. The second-order valence-corrected chi connectivity index (χ2v) is 8.09. The summed E-state index contributed by atoms with van der Waals surface area (Å²) in [6.45, 7) is 7.59. The van der Waals surface area contributed by atoms with E-state index in [1.165, 1.54) is 40.8 Å². The van der Waals surface area contributed by atoms with Crippen LogP contribution in [0.1, 0.15) is 41.8 Å². The molecule has 1 aliphatic rings. The van der Waals surface area contributed by atoms with Crippen LogP contribution in [0.15, 0.2) is 24.3 Å². The zero-order chi connectivity index (χ0) is 15.0. The highest BCUT2D eigenvalue weighted by atomic mass is 32.1. The molecule has 3 rings (SSSR count). The van der Waals surface area contributed by atoms with E-state index in [0.717, 1.165) is 0 Å². The van der Waals surface area contributed by atoms with Crippen molar-refractivity contribution in [2.75, 3.05) is 0 Å². The van der Waals surface area contributed by atoms with Gasteiger partial charge in [-0.05, 0) is 66.8 Å². The molecular weight excluding hydrogens is 296 g/mol. The van der Waals surface area contributed by atoms with Crippen LogP contribution in [0.25, 0.3) is 10.4 Å². The summed E-state index contributed by atoms with van der Waals surface area (Å²) < 4.78 is 5.06. The first-order chi connectivity index (χ1) is 10.0. The number of hydrogen-bond acceptors (Lipinski definition) is 3. The van der Waals surface area contributed by atoms with Gasteiger partial charge in [0.05, 0.1) is 6.61 Å². The maximum Gasteiger partial charge on any atom is 0.0867 e. The summed E-state index contributed by atoms with van der Waals surface area (Å²) in [5.41, 5.74) is 6.03. The van der Waals surface area contributed by atoms with E-state index in [1.54, 1.807) is 10.4 Å². The molecule has 0 spiro atoms. The Hall–Kier alpha value is -0.770. The molecule has 0 unspecified atom stereocenters. The molecule has 1 aromatic heterocycles.